The van der Waals surface area contributed by atoms with Crippen LogP contribution in [0, 0.1) is 5.92 Å². The first-order valence-electron chi connectivity index (χ1n) is 11.5. The number of hydrogen-bond donors (Lipinski definition) is 2. The molecule has 2 N–H and O–H groups in total. The smallest absolute Gasteiger partial charge is 0.255 e. The van der Waals surface area contributed by atoms with Crippen molar-refractivity contribution >= 4 is 29.3 Å². The molecule has 0 radical (unpaired) electrons. The Morgan fingerprint density at radius 3 is 2.85 bits per heavy atom. The molecule has 0 unspecified atom stereocenters. The molecule has 9 nitrogen and oxygen atoms in total. The van der Waals surface area contributed by atoms with Crippen LogP contribution in [-0.2, 0) is 16.1 Å². The van der Waals surface area contributed by atoms with Gasteiger partial charge in [0, 0.05) is 30.5 Å². The lowest BCUT2D eigenvalue weighted by Gasteiger charge is -2.25. The summed E-state index contributed by atoms with van der Waals surface area (Å²) < 4.78 is 7.64. The maximum absolute atomic E-state index is 12.9. The Morgan fingerprint density at radius 2 is 2.12 bits per heavy atom. The highest BCUT2D eigenvalue weighted by atomic mass is 35.5. The third-order valence-electron chi connectivity index (χ3n) is 5.45. The molecule has 184 valence electrons. The minimum Gasteiger partial charge on any atom is -0.491 e. The maximum atomic E-state index is 12.9. The Morgan fingerprint density at radius 1 is 1.29 bits per heavy atom. The van der Waals surface area contributed by atoms with Crippen LogP contribution in [0.3, 0.4) is 0 Å². The number of nitrogens with one attached hydrogen (secondary N) is 2. The van der Waals surface area contributed by atoms with Gasteiger partial charge in [0.1, 0.15) is 18.9 Å². The van der Waals surface area contributed by atoms with Gasteiger partial charge >= 0.3 is 0 Å². The van der Waals surface area contributed by atoms with E-state index in [0.717, 1.165) is 0 Å². The Balaban J connectivity index is 1.78. The number of nitrogens with zero attached hydrogens (tertiary/aromatic N) is 3. The lowest BCUT2D eigenvalue weighted by Crippen LogP contribution is -2.47. The Bertz CT molecular complexity index is 980. The Kier molecular flexibility index (Phi) is 9.33. The molecule has 1 atom stereocenters. The molecule has 2 aromatic rings. The number of amides is 3. The van der Waals surface area contributed by atoms with Gasteiger partial charge in [0.25, 0.3) is 5.91 Å². The molecule has 0 aliphatic carbocycles. The first-order chi connectivity index (χ1) is 16.3. The van der Waals surface area contributed by atoms with Crippen molar-refractivity contribution in [2.45, 2.75) is 45.7 Å². The van der Waals surface area contributed by atoms with Crippen molar-refractivity contribution < 1.29 is 19.1 Å². The lowest BCUT2D eigenvalue weighted by atomic mass is 10.0. The average molecular weight is 490 g/mol. The molecule has 1 aromatic heterocycles. The fourth-order valence-electron chi connectivity index (χ4n) is 3.83. The number of ether oxygens (including phenoxy) is 1. The van der Waals surface area contributed by atoms with Crippen molar-refractivity contribution in [2.75, 3.05) is 26.2 Å². The van der Waals surface area contributed by atoms with Crippen LogP contribution in [0.15, 0.2) is 36.9 Å². The van der Waals surface area contributed by atoms with Gasteiger partial charge < -0.3 is 24.8 Å². The summed E-state index contributed by atoms with van der Waals surface area (Å²) in [6.45, 7) is 5.21. The second-order valence-electron chi connectivity index (χ2n) is 8.86. The zero-order valence-corrected chi connectivity index (χ0v) is 20.4. The van der Waals surface area contributed by atoms with E-state index in [1.165, 1.54) is 0 Å². The first-order valence-corrected chi connectivity index (χ1v) is 11.9. The van der Waals surface area contributed by atoms with E-state index >= 15 is 0 Å². The van der Waals surface area contributed by atoms with Crippen LogP contribution < -0.4 is 15.4 Å². The summed E-state index contributed by atoms with van der Waals surface area (Å²) in [5, 5.41) is 6.34. The highest BCUT2D eigenvalue weighted by Gasteiger charge is 2.22. The summed E-state index contributed by atoms with van der Waals surface area (Å²) in [7, 11) is 0. The number of benzene rings is 1. The van der Waals surface area contributed by atoms with E-state index in [1.807, 2.05) is 0 Å². The number of fused-ring (bicyclic) bond motifs is 1. The molecular formula is C24H32ClN5O4. The average Bonchev–Trinajstić information content (AvgIpc) is 3.28. The van der Waals surface area contributed by atoms with Crippen molar-refractivity contribution in [3.63, 3.8) is 0 Å². The maximum Gasteiger partial charge on any atom is 0.255 e. The van der Waals surface area contributed by atoms with Gasteiger partial charge in [-0.05, 0) is 43.4 Å². The standard InChI is InChI=1S/C24H32ClN5O4/c1-17(2)11-19-15-34-21-6-5-18(25)12-20(21)24(33)27-7-3-4-9-30(13-22(31)28-19)23(32)14-29-10-8-26-16-29/h5-6,8,10,12,16-17,19H,3-4,7,9,11,13-15H2,1-2H3,(H,27,33)(H,28,31)/t19-/m1/s1. The van der Waals surface area contributed by atoms with E-state index in [-0.39, 0.29) is 43.5 Å². The summed E-state index contributed by atoms with van der Waals surface area (Å²) in [5.74, 6) is 0.0403. The summed E-state index contributed by atoms with van der Waals surface area (Å²) in [6, 6.07) is 4.63. The van der Waals surface area contributed by atoms with Crippen LogP contribution in [-0.4, -0.2) is 64.5 Å². The zero-order chi connectivity index (χ0) is 24.5. The zero-order valence-electron chi connectivity index (χ0n) is 19.6. The first kappa shape index (κ1) is 25.6. The predicted molar refractivity (Wildman–Crippen MR) is 129 cm³/mol. The van der Waals surface area contributed by atoms with E-state index in [4.69, 9.17) is 16.3 Å². The second-order valence-corrected chi connectivity index (χ2v) is 9.30. The van der Waals surface area contributed by atoms with Gasteiger partial charge in [-0.2, -0.15) is 0 Å². The van der Waals surface area contributed by atoms with E-state index in [9.17, 15) is 14.4 Å². The fourth-order valence-corrected chi connectivity index (χ4v) is 4.01. The van der Waals surface area contributed by atoms with Gasteiger partial charge in [-0.3, -0.25) is 14.4 Å². The minimum atomic E-state index is -0.283. The molecule has 0 spiro atoms. The van der Waals surface area contributed by atoms with Gasteiger partial charge in [0.15, 0.2) is 0 Å². The van der Waals surface area contributed by atoms with E-state index in [1.54, 1.807) is 46.4 Å². The van der Waals surface area contributed by atoms with Crippen molar-refractivity contribution in [1.29, 1.82) is 0 Å². The number of rotatable bonds is 4. The molecular weight excluding hydrogens is 458 g/mol. The molecule has 1 aliphatic heterocycles. The molecule has 0 saturated carbocycles. The number of hydrogen-bond acceptors (Lipinski definition) is 5. The number of carbonyl (C=O) groups excluding carboxylic acids is 3. The molecule has 0 saturated heterocycles. The van der Waals surface area contributed by atoms with Crippen LogP contribution in [0.5, 0.6) is 5.75 Å². The molecule has 2 heterocycles. The molecule has 3 rings (SSSR count). The Labute approximate surface area is 204 Å². The van der Waals surface area contributed by atoms with Crippen LogP contribution in [0.2, 0.25) is 5.02 Å². The molecule has 34 heavy (non-hydrogen) atoms. The van der Waals surface area contributed by atoms with Crippen molar-refractivity contribution in [2.24, 2.45) is 5.92 Å². The highest BCUT2D eigenvalue weighted by Crippen LogP contribution is 2.23. The number of aromatic nitrogens is 2. The topological polar surface area (TPSA) is 106 Å². The third kappa shape index (κ3) is 7.76. The van der Waals surface area contributed by atoms with Crippen molar-refractivity contribution in [3.8, 4) is 5.75 Å². The molecule has 0 bridgehead atoms. The molecule has 1 aliphatic rings. The SMILES string of the molecule is CC(C)C[C@@H]1COc2ccc(Cl)cc2C(=O)NCCCCN(C(=O)Cn2ccnc2)CC(=O)N1. The quantitative estimate of drug-likeness (QED) is 0.686. The van der Waals surface area contributed by atoms with Gasteiger partial charge in [-0.15, -0.1) is 0 Å². The summed E-state index contributed by atoms with van der Waals surface area (Å²) in [4.78, 5) is 44.1. The van der Waals surface area contributed by atoms with Crippen LogP contribution in [0.25, 0.3) is 0 Å². The molecule has 10 heteroatoms. The number of carbonyl (C=O) groups is 3. The number of imidazole rings is 1. The largest absolute Gasteiger partial charge is 0.491 e. The normalized spacial score (nSPS) is 18.2. The summed E-state index contributed by atoms with van der Waals surface area (Å²) in [6.07, 6.45) is 6.86. The fraction of sp³-hybridized carbons (Fsp3) is 0.500. The monoisotopic (exact) mass is 489 g/mol. The second kappa shape index (κ2) is 12.4. The van der Waals surface area contributed by atoms with Crippen LogP contribution in [0.4, 0.5) is 0 Å². The number of halogens is 1. The van der Waals surface area contributed by atoms with Crippen LogP contribution in [0.1, 0.15) is 43.5 Å². The van der Waals surface area contributed by atoms with E-state index < -0.39 is 0 Å². The summed E-state index contributed by atoms with van der Waals surface area (Å²) in [5.41, 5.74) is 0.356. The van der Waals surface area contributed by atoms with Gasteiger partial charge in [0.2, 0.25) is 11.8 Å². The third-order valence-corrected chi connectivity index (χ3v) is 5.69. The van der Waals surface area contributed by atoms with E-state index in [0.29, 0.717) is 54.6 Å². The Hall–Kier alpha value is -3.07. The van der Waals surface area contributed by atoms with Crippen molar-refractivity contribution in [3.05, 3.63) is 47.5 Å². The van der Waals surface area contributed by atoms with Crippen molar-refractivity contribution in [1.82, 2.24) is 25.1 Å². The van der Waals surface area contributed by atoms with Gasteiger partial charge in [-0.25, -0.2) is 4.98 Å². The van der Waals surface area contributed by atoms with E-state index in [2.05, 4.69) is 29.5 Å². The molecule has 3 amide bonds. The predicted octanol–water partition coefficient (Wildman–Crippen LogP) is 2.50. The minimum absolute atomic E-state index is 0.0410. The molecule has 1 aromatic carbocycles. The summed E-state index contributed by atoms with van der Waals surface area (Å²) >= 11 is 6.11. The van der Waals surface area contributed by atoms with Gasteiger partial charge in [0.05, 0.1) is 24.5 Å². The van der Waals surface area contributed by atoms with Crippen LogP contribution >= 0.6 is 11.6 Å². The molecule has 0 fully saturated rings. The van der Waals surface area contributed by atoms with Gasteiger partial charge in [-0.1, -0.05) is 25.4 Å². The lowest BCUT2D eigenvalue weighted by molar-refractivity contribution is -0.137. The highest BCUT2D eigenvalue weighted by molar-refractivity contribution is 6.31.